The van der Waals surface area contributed by atoms with Gasteiger partial charge in [0.15, 0.2) is 0 Å². The molecule has 2 rings (SSSR count). The van der Waals surface area contributed by atoms with E-state index in [0.717, 1.165) is 25.1 Å². The van der Waals surface area contributed by atoms with Gasteiger partial charge in [0.1, 0.15) is 0 Å². The van der Waals surface area contributed by atoms with E-state index in [-0.39, 0.29) is 18.3 Å². The fourth-order valence-corrected chi connectivity index (χ4v) is 2.28. The van der Waals surface area contributed by atoms with Crippen molar-refractivity contribution >= 4 is 29.9 Å². The molecule has 0 aliphatic heterocycles. The van der Waals surface area contributed by atoms with Gasteiger partial charge in [-0.2, -0.15) is 4.98 Å². The highest BCUT2D eigenvalue weighted by Gasteiger charge is 2.09. The lowest BCUT2D eigenvalue weighted by Crippen LogP contribution is -2.31. The summed E-state index contributed by atoms with van der Waals surface area (Å²) in [4.78, 5) is 16.0. The number of carbonyl (C=O) groups is 1. The molecular formula is C17H24Cl2N4O2. The Labute approximate surface area is 159 Å². The van der Waals surface area contributed by atoms with Crippen molar-refractivity contribution in [1.29, 1.82) is 0 Å². The summed E-state index contributed by atoms with van der Waals surface area (Å²) in [5.74, 6) is 1.12. The number of aryl methyl sites for hydroxylation is 1. The van der Waals surface area contributed by atoms with Crippen molar-refractivity contribution in [3.63, 3.8) is 0 Å². The standard InChI is InChI=1S/C17H23ClN4O2.ClH/c1-2-10-19-11-12-20-15(23)4-3-5-16-21-17(22-24-16)13-6-8-14(18)9-7-13;/h6-9,19H,2-5,10-12H2,1H3,(H,20,23);1H. The largest absolute Gasteiger partial charge is 0.355 e. The monoisotopic (exact) mass is 386 g/mol. The number of nitrogens with one attached hydrogen (secondary N) is 2. The third kappa shape index (κ3) is 7.86. The Balaban J connectivity index is 0.00000312. The Morgan fingerprint density at radius 1 is 1.20 bits per heavy atom. The zero-order valence-corrected chi connectivity index (χ0v) is 15.8. The molecule has 0 saturated heterocycles. The fourth-order valence-electron chi connectivity index (χ4n) is 2.15. The smallest absolute Gasteiger partial charge is 0.226 e. The van der Waals surface area contributed by atoms with Crippen LogP contribution in [0.3, 0.4) is 0 Å². The molecule has 1 amide bonds. The summed E-state index contributed by atoms with van der Waals surface area (Å²) in [7, 11) is 0. The number of nitrogens with zero attached hydrogens (tertiary/aromatic N) is 2. The van der Waals surface area contributed by atoms with Crippen molar-refractivity contribution in [3.8, 4) is 11.4 Å². The molecule has 1 aromatic carbocycles. The Kier molecular flexibility index (Phi) is 10.1. The minimum Gasteiger partial charge on any atom is -0.355 e. The average molecular weight is 387 g/mol. The maximum absolute atomic E-state index is 11.7. The van der Waals surface area contributed by atoms with Crippen LogP contribution < -0.4 is 10.6 Å². The third-order valence-electron chi connectivity index (χ3n) is 3.42. The lowest BCUT2D eigenvalue weighted by atomic mass is 10.2. The molecule has 8 heteroatoms. The van der Waals surface area contributed by atoms with Crippen molar-refractivity contribution in [3.05, 3.63) is 35.2 Å². The Morgan fingerprint density at radius 3 is 2.68 bits per heavy atom. The van der Waals surface area contributed by atoms with Gasteiger partial charge in [0.2, 0.25) is 17.6 Å². The lowest BCUT2D eigenvalue weighted by Gasteiger charge is -2.05. The Bertz CT molecular complexity index is 632. The summed E-state index contributed by atoms with van der Waals surface area (Å²) < 4.78 is 5.22. The van der Waals surface area contributed by atoms with Gasteiger partial charge in [-0.1, -0.05) is 23.7 Å². The molecule has 0 atom stereocenters. The number of benzene rings is 1. The molecular weight excluding hydrogens is 363 g/mol. The van der Waals surface area contributed by atoms with E-state index < -0.39 is 0 Å². The maximum Gasteiger partial charge on any atom is 0.226 e. The second-order valence-corrected chi connectivity index (χ2v) is 5.91. The van der Waals surface area contributed by atoms with E-state index in [1.807, 2.05) is 12.1 Å². The van der Waals surface area contributed by atoms with E-state index in [9.17, 15) is 4.79 Å². The molecule has 0 aliphatic rings. The van der Waals surface area contributed by atoms with Gasteiger partial charge >= 0.3 is 0 Å². The summed E-state index contributed by atoms with van der Waals surface area (Å²) in [5.41, 5.74) is 0.853. The number of carbonyl (C=O) groups excluding carboxylic acids is 1. The first kappa shape index (κ1) is 21.4. The molecule has 25 heavy (non-hydrogen) atoms. The molecule has 0 bridgehead atoms. The van der Waals surface area contributed by atoms with Gasteiger partial charge in [-0.3, -0.25) is 4.79 Å². The highest BCUT2D eigenvalue weighted by molar-refractivity contribution is 6.30. The number of hydrogen-bond acceptors (Lipinski definition) is 5. The molecule has 2 N–H and O–H groups in total. The SMILES string of the molecule is CCCNCCNC(=O)CCCc1nc(-c2ccc(Cl)cc2)no1.Cl. The predicted octanol–water partition coefficient (Wildman–Crippen LogP) is 3.25. The van der Waals surface area contributed by atoms with E-state index in [0.29, 0.717) is 42.5 Å². The van der Waals surface area contributed by atoms with Crippen molar-refractivity contribution in [2.45, 2.75) is 32.6 Å². The summed E-state index contributed by atoms with van der Waals surface area (Å²) in [6.07, 6.45) is 2.81. The number of aromatic nitrogens is 2. The first-order valence-corrected chi connectivity index (χ1v) is 8.62. The maximum atomic E-state index is 11.7. The van der Waals surface area contributed by atoms with Crippen LogP contribution in [-0.4, -0.2) is 35.7 Å². The Hall–Kier alpha value is -1.63. The molecule has 2 aromatic rings. The number of halogens is 2. The molecule has 0 radical (unpaired) electrons. The van der Waals surface area contributed by atoms with Crippen LogP contribution in [0.5, 0.6) is 0 Å². The molecule has 0 fully saturated rings. The van der Waals surface area contributed by atoms with E-state index >= 15 is 0 Å². The lowest BCUT2D eigenvalue weighted by molar-refractivity contribution is -0.121. The quantitative estimate of drug-likeness (QED) is 0.612. The zero-order valence-electron chi connectivity index (χ0n) is 14.3. The molecule has 0 spiro atoms. The van der Waals surface area contributed by atoms with Gasteiger partial charge in [-0.25, -0.2) is 0 Å². The fraction of sp³-hybridized carbons (Fsp3) is 0.471. The first-order valence-electron chi connectivity index (χ1n) is 8.25. The van der Waals surface area contributed by atoms with Gasteiger partial charge in [-0.15, -0.1) is 12.4 Å². The minimum absolute atomic E-state index is 0. The van der Waals surface area contributed by atoms with Crippen LogP contribution >= 0.6 is 24.0 Å². The van der Waals surface area contributed by atoms with Crippen molar-refractivity contribution in [2.75, 3.05) is 19.6 Å². The van der Waals surface area contributed by atoms with Gasteiger partial charge in [0, 0.05) is 36.5 Å². The molecule has 6 nitrogen and oxygen atoms in total. The van der Waals surface area contributed by atoms with E-state index in [1.165, 1.54) is 0 Å². The predicted molar refractivity (Wildman–Crippen MR) is 101 cm³/mol. The molecule has 0 saturated carbocycles. The van der Waals surface area contributed by atoms with Crippen LogP contribution in [0.4, 0.5) is 0 Å². The van der Waals surface area contributed by atoms with E-state index in [1.54, 1.807) is 12.1 Å². The highest BCUT2D eigenvalue weighted by atomic mass is 35.5. The summed E-state index contributed by atoms with van der Waals surface area (Å²) in [5, 5.41) is 10.7. The Morgan fingerprint density at radius 2 is 1.96 bits per heavy atom. The third-order valence-corrected chi connectivity index (χ3v) is 3.67. The molecule has 1 aromatic heterocycles. The second-order valence-electron chi connectivity index (χ2n) is 5.47. The number of hydrogen-bond donors (Lipinski definition) is 2. The van der Waals surface area contributed by atoms with Crippen LogP contribution in [0.2, 0.25) is 5.02 Å². The normalized spacial score (nSPS) is 10.3. The van der Waals surface area contributed by atoms with E-state index in [4.69, 9.17) is 16.1 Å². The number of amides is 1. The summed E-state index contributed by atoms with van der Waals surface area (Å²) in [6.45, 7) is 4.54. The first-order chi connectivity index (χ1) is 11.7. The topological polar surface area (TPSA) is 80.0 Å². The van der Waals surface area contributed by atoms with Crippen LogP contribution in [0.25, 0.3) is 11.4 Å². The zero-order chi connectivity index (χ0) is 17.2. The van der Waals surface area contributed by atoms with Crippen LogP contribution in [-0.2, 0) is 11.2 Å². The van der Waals surface area contributed by atoms with Gasteiger partial charge < -0.3 is 15.2 Å². The highest BCUT2D eigenvalue weighted by Crippen LogP contribution is 2.19. The van der Waals surface area contributed by atoms with E-state index in [2.05, 4.69) is 27.7 Å². The van der Waals surface area contributed by atoms with Crippen molar-refractivity contribution in [1.82, 2.24) is 20.8 Å². The van der Waals surface area contributed by atoms with Gasteiger partial charge in [0.25, 0.3) is 0 Å². The van der Waals surface area contributed by atoms with Crippen LogP contribution in [0.1, 0.15) is 32.1 Å². The average Bonchev–Trinajstić information content (AvgIpc) is 3.04. The molecule has 0 aliphatic carbocycles. The molecule has 1 heterocycles. The van der Waals surface area contributed by atoms with Gasteiger partial charge in [-0.05, 0) is 43.7 Å². The molecule has 138 valence electrons. The van der Waals surface area contributed by atoms with Crippen molar-refractivity contribution < 1.29 is 9.32 Å². The van der Waals surface area contributed by atoms with Crippen LogP contribution in [0.15, 0.2) is 28.8 Å². The summed E-state index contributed by atoms with van der Waals surface area (Å²) in [6, 6.07) is 7.26. The summed E-state index contributed by atoms with van der Waals surface area (Å²) >= 11 is 5.86. The van der Waals surface area contributed by atoms with Crippen molar-refractivity contribution in [2.24, 2.45) is 0 Å². The van der Waals surface area contributed by atoms with Crippen LogP contribution in [0, 0.1) is 0 Å². The van der Waals surface area contributed by atoms with Gasteiger partial charge in [0.05, 0.1) is 0 Å². The second kappa shape index (κ2) is 11.8. The molecule has 0 unspecified atom stereocenters. The number of rotatable bonds is 10. The minimum atomic E-state index is 0.